The van der Waals surface area contributed by atoms with Gasteiger partial charge >= 0.3 is 6.01 Å². The topological polar surface area (TPSA) is 99.9 Å². The van der Waals surface area contributed by atoms with Crippen LogP contribution in [0.15, 0.2) is 78.9 Å². The normalized spacial score (nSPS) is 11.8. The highest BCUT2D eigenvalue weighted by atomic mass is 16.5. The van der Waals surface area contributed by atoms with Crippen LogP contribution in [0.2, 0.25) is 0 Å². The van der Waals surface area contributed by atoms with Gasteiger partial charge < -0.3 is 29.4 Å². The summed E-state index contributed by atoms with van der Waals surface area (Å²) in [4.78, 5) is 4.59. The monoisotopic (exact) mass is 504 g/mol. The zero-order valence-electron chi connectivity index (χ0n) is 21.0. The number of benzene rings is 3. The summed E-state index contributed by atoms with van der Waals surface area (Å²) in [5.74, 6) is 1.40. The van der Waals surface area contributed by atoms with E-state index in [0.717, 1.165) is 28.3 Å². The number of nitrogens with zero attached hydrogens (tertiary/aromatic N) is 3. The van der Waals surface area contributed by atoms with E-state index in [9.17, 15) is 5.11 Å². The van der Waals surface area contributed by atoms with Crippen LogP contribution in [-0.4, -0.2) is 66.6 Å². The van der Waals surface area contributed by atoms with Gasteiger partial charge in [0.15, 0.2) is 5.82 Å². The second-order valence-electron chi connectivity index (χ2n) is 8.28. The third-order valence-electron chi connectivity index (χ3n) is 5.53. The summed E-state index contributed by atoms with van der Waals surface area (Å²) in [5, 5.41) is 18.1. The number of hydrogen-bond acceptors (Lipinski definition) is 8. The summed E-state index contributed by atoms with van der Waals surface area (Å²) in [6.45, 7) is 1.87. The molecule has 9 nitrogen and oxygen atoms in total. The molecule has 4 aromatic rings. The summed E-state index contributed by atoms with van der Waals surface area (Å²) in [5.41, 5.74) is 3.63. The van der Waals surface area contributed by atoms with Gasteiger partial charge in [-0.05, 0) is 54.1 Å². The fourth-order valence-corrected chi connectivity index (χ4v) is 3.58. The van der Waals surface area contributed by atoms with E-state index in [2.05, 4.69) is 15.4 Å². The molecule has 0 aliphatic carbocycles. The molecule has 37 heavy (non-hydrogen) atoms. The van der Waals surface area contributed by atoms with E-state index in [0.29, 0.717) is 32.2 Å². The number of hydrogen-bond donors (Lipinski definition) is 2. The van der Waals surface area contributed by atoms with Crippen LogP contribution in [0.25, 0.3) is 17.1 Å². The molecule has 1 aromatic heterocycles. The molecule has 0 amide bonds. The quantitative estimate of drug-likeness (QED) is 0.249. The van der Waals surface area contributed by atoms with Gasteiger partial charge in [0.25, 0.3) is 0 Å². The Balaban J connectivity index is 1.39. The van der Waals surface area contributed by atoms with Crippen molar-refractivity contribution in [1.82, 2.24) is 14.8 Å². The van der Waals surface area contributed by atoms with E-state index in [4.69, 9.17) is 18.9 Å². The highest BCUT2D eigenvalue weighted by molar-refractivity contribution is 5.60. The molecule has 0 spiro atoms. The van der Waals surface area contributed by atoms with Gasteiger partial charge in [-0.25, -0.2) is 4.68 Å². The van der Waals surface area contributed by atoms with E-state index >= 15 is 0 Å². The number of aliphatic hydroxyl groups excluding tert-OH is 1. The summed E-state index contributed by atoms with van der Waals surface area (Å²) < 4.78 is 23.3. The van der Waals surface area contributed by atoms with Gasteiger partial charge in [0, 0.05) is 24.9 Å². The molecule has 0 saturated heterocycles. The second-order valence-corrected chi connectivity index (χ2v) is 8.28. The molecule has 0 saturated carbocycles. The molecule has 1 atom stereocenters. The Kier molecular flexibility index (Phi) is 9.47. The van der Waals surface area contributed by atoms with Gasteiger partial charge in [-0.3, -0.25) is 0 Å². The SMILES string of the molecule is COCCOc1nc(-c2ccc(OC)cc2)n(-c2ccc(NCC(O)COCc3ccccc3)cc2)n1. The average Bonchev–Trinajstić information content (AvgIpc) is 3.37. The molecule has 0 aliphatic heterocycles. The van der Waals surface area contributed by atoms with Crippen LogP contribution in [0.4, 0.5) is 5.69 Å². The highest BCUT2D eigenvalue weighted by Gasteiger charge is 2.15. The fraction of sp³-hybridized carbons (Fsp3) is 0.286. The molecular formula is C28H32N4O5. The maximum atomic E-state index is 10.3. The average molecular weight is 505 g/mol. The lowest BCUT2D eigenvalue weighted by atomic mass is 10.2. The van der Waals surface area contributed by atoms with Crippen LogP contribution in [0.5, 0.6) is 11.8 Å². The Bertz CT molecular complexity index is 1210. The Hall–Kier alpha value is -3.92. The number of rotatable bonds is 14. The Morgan fingerprint density at radius 3 is 2.38 bits per heavy atom. The molecule has 2 N–H and O–H groups in total. The van der Waals surface area contributed by atoms with E-state index in [1.807, 2.05) is 78.9 Å². The summed E-state index contributed by atoms with van der Waals surface area (Å²) >= 11 is 0. The van der Waals surface area contributed by atoms with E-state index in [1.54, 1.807) is 18.9 Å². The first kappa shape index (κ1) is 26.2. The van der Waals surface area contributed by atoms with Crippen molar-refractivity contribution in [1.29, 1.82) is 0 Å². The minimum absolute atomic E-state index is 0.246. The van der Waals surface area contributed by atoms with E-state index < -0.39 is 6.10 Å². The van der Waals surface area contributed by atoms with Crippen LogP contribution >= 0.6 is 0 Å². The number of aromatic nitrogens is 3. The predicted octanol–water partition coefficient (Wildman–Crippen LogP) is 3.96. The molecule has 4 rings (SSSR count). The third-order valence-corrected chi connectivity index (χ3v) is 5.53. The first-order chi connectivity index (χ1) is 18.2. The van der Waals surface area contributed by atoms with Crippen molar-refractivity contribution in [3.63, 3.8) is 0 Å². The zero-order valence-corrected chi connectivity index (χ0v) is 21.0. The molecule has 0 fully saturated rings. The first-order valence-corrected chi connectivity index (χ1v) is 12.0. The van der Waals surface area contributed by atoms with Gasteiger partial charge in [-0.2, -0.15) is 4.98 Å². The van der Waals surface area contributed by atoms with Gasteiger partial charge in [0.2, 0.25) is 0 Å². The van der Waals surface area contributed by atoms with Crippen molar-refractivity contribution in [2.45, 2.75) is 12.7 Å². The van der Waals surface area contributed by atoms with Crippen molar-refractivity contribution >= 4 is 5.69 Å². The summed E-state index contributed by atoms with van der Waals surface area (Å²) in [6, 6.07) is 25.5. The van der Waals surface area contributed by atoms with Crippen LogP contribution < -0.4 is 14.8 Å². The van der Waals surface area contributed by atoms with Gasteiger partial charge in [-0.15, -0.1) is 5.10 Å². The molecular weight excluding hydrogens is 472 g/mol. The van der Waals surface area contributed by atoms with Gasteiger partial charge in [-0.1, -0.05) is 30.3 Å². The van der Waals surface area contributed by atoms with Crippen molar-refractivity contribution < 1.29 is 24.1 Å². The number of ether oxygens (including phenoxy) is 4. The molecule has 1 heterocycles. The highest BCUT2D eigenvalue weighted by Crippen LogP contribution is 2.26. The predicted molar refractivity (Wildman–Crippen MR) is 141 cm³/mol. The summed E-state index contributed by atoms with van der Waals surface area (Å²) in [6.07, 6.45) is -0.632. The number of nitrogens with one attached hydrogen (secondary N) is 1. The number of anilines is 1. The molecule has 0 radical (unpaired) electrons. The maximum absolute atomic E-state index is 10.3. The zero-order chi connectivity index (χ0) is 25.9. The minimum atomic E-state index is -0.632. The van der Waals surface area contributed by atoms with Crippen molar-refractivity contribution in [2.24, 2.45) is 0 Å². The Labute approximate surface area is 216 Å². The minimum Gasteiger partial charge on any atom is -0.497 e. The van der Waals surface area contributed by atoms with Gasteiger partial charge in [0.1, 0.15) is 12.4 Å². The molecule has 194 valence electrons. The van der Waals surface area contributed by atoms with E-state index in [-0.39, 0.29) is 12.6 Å². The molecule has 9 heteroatoms. The first-order valence-electron chi connectivity index (χ1n) is 12.0. The standard InChI is InChI=1S/C28H32N4O5/c1-34-16-17-37-28-30-27(22-8-14-26(35-2)15-9-22)32(31-28)24-12-10-23(11-13-24)29-18-25(33)20-36-19-21-6-4-3-5-7-21/h3-15,25,29,33H,16-20H2,1-2H3. The fourth-order valence-electron chi connectivity index (χ4n) is 3.58. The van der Waals surface area contributed by atoms with Gasteiger partial charge in [0.05, 0.1) is 38.7 Å². The third kappa shape index (κ3) is 7.53. The largest absolute Gasteiger partial charge is 0.497 e. The van der Waals surface area contributed by atoms with Crippen LogP contribution in [0.3, 0.4) is 0 Å². The molecule has 0 bridgehead atoms. The van der Waals surface area contributed by atoms with Crippen molar-refractivity contribution in [3.8, 4) is 28.8 Å². The van der Waals surface area contributed by atoms with Crippen LogP contribution in [0.1, 0.15) is 5.56 Å². The van der Waals surface area contributed by atoms with Crippen LogP contribution in [-0.2, 0) is 16.1 Å². The number of methoxy groups -OCH3 is 2. The lowest BCUT2D eigenvalue weighted by Crippen LogP contribution is -2.24. The Morgan fingerprint density at radius 2 is 1.68 bits per heavy atom. The van der Waals surface area contributed by atoms with Crippen molar-refractivity contribution in [2.75, 3.05) is 45.9 Å². The lowest BCUT2D eigenvalue weighted by Gasteiger charge is -2.14. The maximum Gasteiger partial charge on any atom is 0.336 e. The lowest BCUT2D eigenvalue weighted by molar-refractivity contribution is 0.0348. The Morgan fingerprint density at radius 1 is 0.919 bits per heavy atom. The number of aliphatic hydroxyl groups is 1. The molecule has 3 aromatic carbocycles. The second kappa shape index (κ2) is 13.4. The smallest absolute Gasteiger partial charge is 0.336 e. The molecule has 1 unspecified atom stereocenters. The van der Waals surface area contributed by atoms with Crippen LogP contribution in [0, 0.1) is 0 Å². The summed E-state index contributed by atoms with van der Waals surface area (Å²) in [7, 11) is 3.25. The molecule has 0 aliphatic rings. The van der Waals surface area contributed by atoms with E-state index in [1.165, 1.54) is 0 Å². The van der Waals surface area contributed by atoms with Crippen molar-refractivity contribution in [3.05, 3.63) is 84.4 Å².